The summed E-state index contributed by atoms with van der Waals surface area (Å²) < 4.78 is 18.5. The van der Waals surface area contributed by atoms with Crippen molar-refractivity contribution in [1.29, 1.82) is 0 Å². The number of halogens is 1. The molecule has 4 N–H and O–H groups in total. The van der Waals surface area contributed by atoms with Crippen LogP contribution in [-0.2, 0) is 14.3 Å². The van der Waals surface area contributed by atoms with Gasteiger partial charge < -0.3 is 10.1 Å². The second-order valence-electron chi connectivity index (χ2n) is 6.45. The second kappa shape index (κ2) is 8.51. The second-order valence-corrected chi connectivity index (χ2v) is 7.74. The van der Waals surface area contributed by atoms with Gasteiger partial charge in [-0.25, -0.2) is 19.6 Å². The Balaban J connectivity index is 1.55. The number of alkyl halides is 1. The number of alkyl carbamates (subject to hydrolysis) is 1. The minimum atomic E-state index is -1.27. The molecule has 0 bridgehead atoms. The zero-order valence-corrected chi connectivity index (χ0v) is 15.3. The Kier molecular flexibility index (Phi) is 6.33. The highest BCUT2D eigenvalue weighted by atomic mass is 32.2. The molecule has 0 radical (unpaired) electrons. The van der Waals surface area contributed by atoms with Crippen LogP contribution < -0.4 is 21.4 Å². The van der Waals surface area contributed by atoms with Gasteiger partial charge in [-0.2, -0.15) is 0 Å². The van der Waals surface area contributed by atoms with E-state index in [1.807, 2.05) is 5.01 Å². The zero-order valence-electron chi connectivity index (χ0n) is 14.5. The number of rotatable bonds is 4. The molecule has 0 saturated carbocycles. The van der Waals surface area contributed by atoms with Crippen LogP contribution in [0.5, 0.6) is 0 Å². The molecule has 11 heteroatoms. The Morgan fingerprint density at radius 3 is 2.88 bits per heavy atom. The summed E-state index contributed by atoms with van der Waals surface area (Å²) >= 11 is 0.889. The molecule has 0 spiro atoms. The molecule has 3 aliphatic heterocycles. The van der Waals surface area contributed by atoms with E-state index in [0.29, 0.717) is 6.42 Å². The van der Waals surface area contributed by atoms with Crippen LogP contribution >= 0.6 is 11.8 Å². The van der Waals surface area contributed by atoms with Gasteiger partial charge in [-0.1, -0.05) is 11.8 Å². The summed E-state index contributed by atoms with van der Waals surface area (Å²) in [6.07, 6.45) is 0.795. The number of ether oxygens (including phenoxy) is 1. The monoisotopic (exact) mass is 389 g/mol. The highest BCUT2D eigenvalue weighted by molar-refractivity contribution is 8.00. The van der Waals surface area contributed by atoms with E-state index in [9.17, 15) is 18.8 Å². The van der Waals surface area contributed by atoms with Gasteiger partial charge in [0.1, 0.15) is 11.5 Å². The zero-order chi connectivity index (χ0) is 18.7. The molecule has 26 heavy (non-hydrogen) atoms. The number of carbonyl (C=O) groups excluding carboxylic acids is 3. The van der Waals surface area contributed by atoms with Crippen LogP contribution in [-0.4, -0.2) is 65.7 Å². The molecule has 0 aromatic heterocycles. The van der Waals surface area contributed by atoms with E-state index >= 15 is 0 Å². The van der Waals surface area contributed by atoms with Crippen LogP contribution in [0.25, 0.3) is 0 Å². The third-order valence-corrected chi connectivity index (χ3v) is 5.92. The maximum atomic E-state index is 13.8. The average molecular weight is 389 g/mol. The van der Waals surface area contributed by atoms with Crippen molar-refractivity contribution in [3.63, 3.8) is 0 Å². The Bertz CT molecular complexity index is 568. The normalized spacial score (nSPS) is 34.2. The first kappa shape index (κ1) is 19.3. The summed E-state index contributed by atoms with van der Waals surface area (Å²) in [4.78, 5) is 36.2. The van der Waals surface area contributed by atoms with Gasteiger partial charge in [0.25, 0.3) is 0 Å². The van der Waals surface area contributed by atoms with Gasteiger partial charge in [-0.3, -0.25) is 20.2 Å². The van der Waals surface area contributed by atoms with Crippen molar-refractivity contribution < 1.29 is 23.5 Å². The molecule has 0 aliphatic carbocycles. The van der Waals surface area contributed by atoms with Crippen molar-refractivity contribution in [2.45, 2.75) is 49.3 Å². The summed E-state index contributed by atoms with van der Waals surface area (Å²) in [5, 5.41) is 9.46. The summed E-state index contributed by atoms with van der Waals surface area (Å²) in [6.45, 7) is 3.42. The number of hydrogen-bond donors (Lipinski definition) is 4. The number of hydrogen-bond acceptors (Lipinski definition) is 8. The van der Waals surface area contributed by atoms with E-state index in [0.717, 1.165) is 31.3 Å². The molecule has 3 saturated heterocycles. The molecular weight excluding hydrogens is 365 g/mol. The topological polar surface area (TPSA) is 112 Å². The summed E-state index contributed by atoms with van der Waals surface area (Å²) in [5.41, 5.74) is 1.90. The third kappa shape index (κ3) is 4.45. The highest BCUT2D eigenvalue weighted by Crippen LogP contribution is 2.38. The van der Waals surface area contributed by atoms with Gasteiger partial charge in [0.2, 0.25) is 11.8 Å². The van der Waals surface area contributed by atoms with Crippen molar-refractivity contribution in [1.82, 2.24) is 26.4 Å². The maximum absolute atomic E-state index is 13.8. The molecule has 3 aliphatic rings. The first-order valence-corrected chi connectivity index (χ1v) is 9.76. The standard InChI is InChI=1S/C15H24FN5O4S/c1-2-25-15(24)19-12(22)8-7-10(16)26-14(8)18-13(23)9-3-4-11-17-5-6-21(11)20-9/h8-11,14,17,20H,2-7H2,1H3,(H,18,23)(H,19,22,24). The maximum Gasteiger partial charge on any atom is 0.413 e. The van der Waals surface area contributed by atoms with E-state index in [1.165, 1.54) is 0 Å². The van der Waals surface area contributed by atoms with Crippen LogP contribution in [0.15, 0.2) is 0 Å². The van der Waals surface area contributed by atoms with Crippen LogP contribution in [0.2, 0.25) is 0 Å². The number of thioether (sulfide) groups is 1. The molecule has 3 rings (SSSR count). The van der Waals surface area contributed by atoms with Crippen LogP contribution in [0.3, 0.4) is 0 Å². The molecule has 0 aromatic carbocycles. The Labute approximate surface area is 155 Å². The molecule has 5 atom stereocenters. The summed E-state index contributed by atoms with van der Waals surface area (Å²) in [6, 6.07) is -0.417. The molecule has 3 fully saturated rings. The van der Waals surface area contributed by atoms with E-state index in [2.05, 4.69) is 26.1 Å². The third-order valence-electron chi connectivity index (χ3n) is 4.70. The SMILES string of the molecule is CCOC(=O)NC(=O)C1CC(F)SC1NC(=O)C1CCC2NCCN2N1. The lowest BCUT2D eigenvalue weighted by atomic mass is 10.0. The first-order valence-electron chi connectivity index (χ1n) is 8.81. The van der Waals surface area contributed by atoms with Crippen molar-refractivity contribution in [3.8, 4) is 0 Å². The number of imide groups is 1. The van der Waals surface area contributed by atoms with Gasteiger partial charge in [0.15, 0.2) is 0 Å². The molecular formula is C15H24FN5O4S. The van der Waals surface area contributed by atoms with Crippen LogP contribution in [0.4, 0.5) is 9.18 Å². The summed E-state index contributed by atoms with van der Waals surface area (Å²) in [5.74, 6) is -1.73. The van der Waals surface area contributed by atoms with Gasteiger partial charge in [-0.15, -0.1) is 0 Å². The van der Waals surface area contributed by atoms with Gasteiger partial charge in [-0.05, 0) is 19.8 Å². The predicted molar refractivity (Wildman–Crippen MR) is 92.3 cm³/mol. The van der Waals surface area contributed by atoms with Gasteiger partial charge in [0, 0.05) is 19.5 Å². The number of nitrogens with one attached hydrogen (secondary N) is 4. The molecule has 3 amide bonds. The lowest BCUT2D eigenvalue weighted by Gasteiger charge is -2.35. The minimum Gasteiger partial charge on any atom is -0.450 e. The van der Waals surface area contributed by atoms with Gasteiger partial charge in [0.05, 0.1) is 24.1 Å². The fraction of sp³-hybridized carbons (Fsp3) is 0.800. The van der Waals surface area contributed by atoms with Crippen molar-refractivity contribution in [2.75, 3.05) is 19.7 Å². The van der Waals surface area contributed by atoms with Crippen LogP contribution in [0.1, 0.15) is 26.2 Å². The lowest BCUT2D eigenvalue weighted by molar-refractivity contribution is -0.128. The van der Waals surface area contributed by atoms with E-state index in [4.69, 9.17) is 0 Å². The number of hydrazine groups is 1. The summed E-state index contributed by atoms with van der Waals surface area (Å²) in [7, 11) is 0. The van der Waals surface area contributed by atoms with Crippen LogP contribution in [0, 0.1) is 5.92 Å². The molecule has 146 valence electrons. The number of nitrogens with zero attached hydrogens (tertiary/aromatic N) is 1. The minimum absolute atomic E-state index is 0.0585. The van der Waals surface area contributed by atoms with E-state index < -0.39 is 34.8 Å². The first-order chi connectivity index (χ1) is 12.5. The molecule has 5 unspecified atom stereocenters. The van der Waals surface area contributed by atoms with Crippen molar-refractivity contribution in [2.24, 2.45) is 5.92 Å². The lowest BCUT2D eigenvalue weighted by Crippen LogP contribution is -2.60. The Hall–Kier alpha value is -1.43. The fourth-order valence-corrected chi connectivity index (χ4v) is 4.67. The van der Waals surface area contributed by atoms with E-state index in [1.54, 1.807) is 6.92 Å². The fourth-order valence-electron chi connectivity index (χ4n) is 3.42. The predicted octanol–water partition coefficient (Wildman–Crippen LogP) is -0.352. The molecule has 0 aromatic rings. The quantitative estimate of drug-likeness (QED) is 0.516. The Morgan fingerprint density at radius 1 is 1.31 bits per heavy atom. The molecule has 3 heterocycles. The molecule has 9 nitrogen and oxygen atoms in total. The number of amides is 3. The number of fused-ring (bicyclic) bond motifs is 1. The van der Waals surface area contributed by atoms with Crippen molar-refractivity contribution in [3.05, 3.63) is 0 Å². The largest absolute Gasteiger partial charge is 0.450 e. The smallest absolute Gasteiger partial charge is 0.413 e. The van der Waals surface area contributed by atoms with Crippen molar-refractivity contribution >= 4 is 29.7 Å². The highest BCUT2D eigenvalue weighted by Gasteiger charge is 2.43. The number of carbonyl (C=O) groups is 3. The Morgan fingerprint density at radius 2 is 2.12 bits per heavy atom. The van der Waals surface area contributed by atoms with E-state index in [-0.39, 0.29) is 25.1 Å². The average Bonchev–Trinajstić information content (AvgIpc) is 3.20. The van der Waals surface area contributed by atoms with Gasteiger partial charge >= 0.3 is 6.09 Å².